The number of ether oxygens (including phenoxy) is 1. The quantitative estimate of drug-likeness (QED) is 0.138. The largest absolute Gasteiger partial charge is 0.489 e. The summed E-state index contributed by atoms with van der Waals surface area (Å²) in [5, 5.41) is 9.46. The zero-order valence-corrected chi connectivity index (χ0v) is 19.7. The van der Waals surface area contributed by atoms with Gasteiger partial charge in [0.15, 0.2) is 5.96 Å². The van der Waals surface area contributed by atoms with Crippen LogP contribution < -0.4 is 20.7 Å². The third-order valence-corrected chi connectivity index (χ3v) is 4.05. The molecule has 0 aromatic heterocycles. The fourth-order valence-electron chi connectivity index (χ4n) is 2.62. The van der Waals surface area contributed by atoms with E-state index in [1.807, 2.05) is 49.4 Å². The Kier molecular flexibility index (Phi) is 13.0. The Labute approximate surface area is 196 Å². The Balaban J connectivity index is 0.00000450. The van der Waals surface area contributed by atoms with Crippen LogP contribution in [0.25, 0.3) is 0 Å². The van der Waals surface area contributed by atoms with Gasteiger partial charge in [0.2, 0.25) is 0 Å². The molecule has 0 fully saturated rings. The van der Waals surface area contributed by atoms with Crippen molar-refractivity contribution in [3.63, 3.8) is 0 Å². The number of carbonyl (C=O) groups excluding carboxylic acids is 1. The van der Waals surface area contributed by atoms with Crippen LogP contribution in [0, 0.1) is 0 Å². The highest BCUT2D eigenvalue weighted by Gasteiger charge is 2.04. The molecular weight excluding hydrogens is 491 g/mol. The molecule has 0 aliphatic carbocycles. The smallest absolute Gasteiger partial charge is 0.251 e. The van der Waals surface area contributed by atoms with Crippen molar-refractivity contribution in [2.24, 2.45) is 4.99 Å². The summed E-state index contributed by atoms with van der Waals surface area (Å²) in [5.74, 6) is 1.50. The van der Waals surface area contributed by atoms with Crippen LogP contribution >= 0.6 is 24.0 Å². The number of aliphatic imine (C=N–C) groups is 1. The van der Waals surface area contributed by atoms with E-state index in [-0.39, 0.29) is 29.9 Å². The SMILES string of the molecule is C=CCOc1ccccc1CN=C(NCC)NCCCNC(=O)c1ccccc1.I. The molecule has 0 bridgehead atoms. The summed E-state index contributed by atoms with van der Waals surface area (Å²) in [7, 11) is 0. The zero-order chi connectivity index (χ0) is 20.7. The van der Waals surface area contributed by atoms with Gasteiger partial charge in [-0.2, -0.15) is 0 Å². The minimum atomic E-state index is -0.0534. The molecule has 0 saturated carbocycles. The molecule has 7 heteroatoms. The lowest BCUT2D eigenvalue weighted by Gasteiger charge is -2.13. The second kappa shape index (κ2) is 15.3. The molecule has 1 amide bonds. The van der Waals surface area contributed by atoms with E-state index in [1.54, 1.807) is 18.2 Å². The third kappa shape index (κ3) is 9.30. The topological polar surface area (TPSA) is 74.8 Å². The lowest BCUT2D eigenvalue weighted by Crippen LogP contribution is -2.38. The van der Waals surface area contributed by atoms with E-state index in [1.165, 1.54) is 0 Å². The Hall–Kier alpha value is -2.55. The van der Waals surface area contributed by atoms with E-state index >= 15 is 0 Å². The molecule has 0 aliphatic rings. The molecule has 0 radical (unpaired) electrons. The number of rotatable bonds is 11. The number of hydrogen-bond acceptors (Lipinski definition) is 3. The number of hydrogen-bond donors (Lipinski definition) is 3. The van der Waals surface area contributed by atoms with E-state index < -0.39 is 0 Å². The molecule has 2 aromatic rings. The molecule has 30 heavy (non-hydrogen) atoms. The van der Waals surface area contributed by atoms with E-state index in [0.29, 0.717) is 31.8 Å². The maximum Gasteiger partial charge on any atom is 0.251 e. The van der Waals surface area contributed by atoms with Gasteiger partial charge in [-0.15, -0.1) is 24.0 Å². The number of guanidine groups is 1. The maximum atomic E-state index is 12.0. The third-order valence-electron chi connectivity index (χ3n) is 4.05. The summed E-state index contributed by atoms with van der Waals surface area (Å²) in [6, 6.07) is 17.1. The Bertz CT molecular complexity index is 797. The normalized spacial score (nSPS) is 10.5. The van der Waals surface area contributed by atoms with E-state index in [2.05, 4.69) is 27.5 Å². The summed E-state index contributed by atoms with van der Waals surface area (Å²) < 4.78 is 5.68. The van der Waals surface area contributed by atoms with Crippen molar-refractivity contribution in [2.45, 2.75) is 19.9 Å². The molecule has 3 N–H and O–H groups in total. The summed E-state index contributed by atoms with van der Waals surface area (Å²) in [5.41, 5.74) is 1.69. The molecule has 0 spiro atoms. The molecule has 0 unspecified atom stereocenters. The van der Waals surface area contributed by atoms with Gasteiger partial charge in [-0.1, -0.05) is 49.1 Å². The van der Waals surface area contributed by atoms with Crippen molar-refractivity contribution < 1.29 is 9.53 Å². The van der Waals surface area contributed by atoms with E-state index in [0.717, 1.165) is 30.2 Å². The van der Waals surface area contributed by atoms with Crippen molar-refractivity contribution in [3.05, 3.63) is 78.4 Å². The highest BCUT2D eigenvalue weighted by atomic mass is 127. The molecular formula is C23H31IN4O2. The predicted octanol–water partition coefficient (Wildman–Crippen LogP) is 3.74. The van der Waals surface area contributed by atoms with Crippen LogP contribution in [-0.4, -0.2) is 38.1 Å². The van der Waals surface area contributed by atoms with Gasteiger partial charge >= 0.3 is 0 Å². The van der Waals surface area contributed by atoms with Crippen LogP contribution in [0.1, 0.15) is 29.3 Å². The van der Waals surface area contributed by atoms with Crippen molar-refractivity contribution in [1.29, 1.82) is 0 Å². The Morgan fingerprint density at radius 3 is 2.47 bits per heavy atom. The Morgan fingerprint density at radius 1 is 1.03 bits per heavy atom. The molecule has 0 saturated heterocycles. The molecule has 162 valence electrons. The van der Waals surface area contributed by atoms with E-state index in [9.17, 15) is 4.79 Å². The number of nitrogens with zero attached hydrogens (tertiary/aromatic N) is 1. The maximum absolute atomic E-state index is 12.0. The van der Waals surface area contributed by atoms with Gasteiger partial charge in [0.25, 0.3) is 5.91 Å². The molecule has 2 rings (SSSR count). The number of halogens is 1. The first kappa shape index (κ1) is 25.5. The van der Waals surface area contributed by atoms with Gasteiger partial charge < -0.3 is 20.7 Å². The lowest BCUT2D eigenvalue weighted by molar-refractivity contribution is 0.0953. The van der Waals surface area contributed by atoms with Crippen molar-refractivity contribution >= 4 is 35.8 Å². The van der Waals surface area contributed by atoms with Crippen LogP contribution in [0.5, 0.6) is 5.75 Å². The van der Waals surface area contributed by atoms with Crippen LogP contribution in [0.3, 0.4) is 0 Å². The van der Waals surface area contributed by atoms with E-state index in [4.69, 9.17) is 4.74 Å². The van der Waals surface area contributed by atoms with Gasteiger partial charge in [0.05, 0.1) is 6.54 Å². The standard InChI is InChI=1S/C23H30N4O2.HI/c1-3-17-29-21-14-9-8-13-20(21)18-27-23(24-4-2)26-16-10-15-25-22(28)19-11-6-5-7-12-19;/h3,5-9,11-14H,1,4,10,15-18H2,2H3,(H,25,28)(H2,24,26,27);1H. The number of nitrogens with one attached hydrogen (secondary N) is 3. The van der Waals surface area contributed by atoms with Crippen molar-refractivity contribution in [2.75, 3.05) is 26.2 Å². The first-order chi connectivity index (χ1) is 14.2. The molecule has 0 heterocycles. The second-order valence-corrected chi connectivity index (χ2v) is 6.30. The van der Waals surface area contributed by atoms with Crippen molar-refractivity contribution in [1.82, 2.24) is 16.0 Å². The molecule has 2 aromatic carbocycles. The Morgan fingerprint density at radius 2 is 1.73 bits per heavy atom. The molecule has 0 aliphatic heterocycles. The summed E-state index contributed by atoms with van der Waals surface area (Å²) in [6.45, 7) is 8.75. The van der Waals surface area contributed by atoms with Crippen LogP contribution in [-0.2, 0) is 6.54 Å². The minimum absolute atomic E-state index is 0. The number of amides is 1. The van der Waals surface area contributed by atoms with Gasteiger partial charge in [-0.05, 0) is 31.5 Å². The predicted molar refractivity (Wildman–Crippen MR) is 134 cm³/mol. The van der Waals surface area contributed by atoms with Gasteiger partial charge in [0.1, 0.15) is 12.4 Å². The molecule has 6 nitrogen and oxygen atoms in total. The first-order valence-corrected chi connectivity index (χ1v) is 9.91. The van der Waals surface area contributed by atoms with Crippen LogP contribution in [0.4, 0.5) is 0 Å². The van der Waals surface area contributed by atoms with Crippen LogP contribution in [0.15, 0.2) is 72.2 Å². The monoisotopic (exact) mass is 522 g/mol. The minimum Gasteiger partial charge on any atom is -0.489 e. The number of para-hydroxylation sites is 1. The molecule has 0 atom stereocenters. The summed E-state index contributed by atoms with van der Waals surface area (Å²) in [4.78, 5) is 16.7. The van der Waals surface area contributed by atoms with Gasteiger partial charge in [-0.25, -0.2) is 4.99 Å². The zero-order valence-electron chi connectivity index (χ0n) is 17.4. The average Bonchev–Trinajstić information content (AvgIpc) is 2.76. The van der Waals surface area contributed by atoms with Crippen LogP contribution in [0.2, 0.25) is 0 Å². The van der Waals surface area contributed by atoms with Crippen molar-refractivity contribution in [3.8, 4) is 5.75 Å². The number of benzene rings is 2. The first-order valence-electron chi connectivity index (χ1n) is 9.91. The second-order valence-electron chi connectivity index (χ2n) is 6.30. The number of carbonyl (C=O) groups is 1. The average molecular weight is 522 g/mol. The fraction of sp³-hybridized carbons (Fsp3) is 0.304. The fourth-order valence-corrected chi connectivity index (χ4v) is 2.62. The highest BCUT2D eigenvalue weighted by Crippen LogP contribution is 2.18. The lowest BCUT2D eigenvalue weighted by atomic mass is 10.2. The highest BCUT2D eigenvalue weighted by molar-refractivity contribution is 14.0. The van der Waals surface area contributed by atoms with Gasteiger partial charge in [0, 0.05) is 30.8 Å². The summed E-state index contributed by atoms with van der Waals surface area (Å²) >= 11 is 0. The summed E-state index contributed by atoms with van der Waals surface area (Å²) in [6.07, 6.45) is 2.52. The van der Waals surface area contributed by atoms with Gasteiger partial charge in [-0.3, -0.25) is 4.79 Å².